The number of rotatable bonds is 4. The van der Waals surface area contributed by atoms with Crippen molar-refractivity contribution in [1.82, 2.24) is 10.9 Å². The van der Waals surface area contributed by atoms with Crippen LogP contribution in [0.2, 0.25) is 0 Å². The highest BCUT2D eigenvalue weighted by Gasteiger charge is 2.33. The van der Waals surface area contributed by atoms with E-state index in [-0.39, 0.29) is 17.9 Å². The first-order chi connectivity index (χ1) is 10.8. The van der Waals surface area contributed by atoms with Crippen molar-refractivity contribution in [2.45, 2.75) is 19.4 Å². The third kappa shape index (κ3) is 5.21. The fourth-order valence-corrected chi connectivity index (χ4v) is 4.25. The Kier molecular flexibility index (Phi) is 5.64. The molecule has 23 heavy (non-hydrogen) atoms. The van der Waals surface area contributed by atoms with Crippen LogP contribution in [0.25, 0.3) is 0 Å². The highest BCUT2D eigenvalue weighted by molar-refractivity contribution is 9.10. The fourth-order valence-electron chi connectivity index (χ4n) is 2.13. The Bertz CT molecular complexity index is 707. The zero-order valence-corrected chi connectivity index (χ0v) is 14.8. The molecule has 1 heterocycles. The van der Waals surface area contributed by atoms with Crippen LogP contribution >= 0.6 is 15.9 Å². The quantitative estimate of drug-likeness (QED) is 0.722. The summed E-state index contributed by atoms with van der Waals surface area (Å²) in [6.07, 6.45) is -0.550. The number of nitrogens with one attached hydrogen (secondary N) is 2. The second-order valence-corrected chi connectivity index (χ2v) is 8.44. The van der Waals surface area contributed by atoms with E-state index in [4.69, 9.17) is 4.74 Å². The average molecular weight is 405 g/mol. The van der Waals surface area contributed by atoms with Gasteiger partial charge >= 0.3 is 0 Å². The molecule has 0 bridgehead atoms. The Morgan fingerprint density at radius 1 is 1.35 bits per heavy atom. The van der Waals surface area contributed by atoms with Crippen LogP contribution in [-0.2, 0) is 19.4 Å². The molecule has 2 amide bonds. The highest BCUT2D eigenvalue weighted by atomic mass is 79.9. The lowest BCUT2D eigenvalue weighted by atomic mass is 10.1. The summed E-state index contributed by atoms with van der Waals surface area (Å²) in [6.45, 7) is 1.54. The normalized spacial score (nSPS) is 20.5. The van der Waals surface area contributed by atoms with Gasteiger partial charge in [-0.1, -0.05) is 22.0 Å². The number of sulfone groups is 1. The second-order valence-electron chi connectivity index (χ2n) is 5.30. The monoisotopic (exact) mass is 404 g/mol. The second kappa shape index (κ2) is 7.31. The summed E-state index contributed by atoms with van der Waals surface area (Å²) in [6, 6.07) is 7.02. The minimum absolute atomic E-state index is 0.00142. The standard InChI is InChI=1S/C14H17BrN2O5S/c1-9(22-12-4-2-3-11(15)7-12)13(18)16-17-14(19)10-5-6-23(20,21)8-10/h2-4,7,9-10H,5-6,8H2,1H3,(H,16,18)(H,17,19)/t9-,10-/m1/s1. The van der Waals surface area contributed by atoms with Crippen LogP contribution in [-0.4, -0.2) is 37.8 Å². The minimum atomic E-state index is -3.14. The van der Waals surface area contributed by atoms with Gasteiger partial charge in [-0.15, -0.1) is 0 Å². The van der Waals surface area contributed by atoms with E-state index in [1.165, 1.54) is 0 Å². The maximum atomic E-state index is 11.9. The molecule has 9 heteroatoms. The molecule has 0 aromatic heterocycles. The van der Waals surface area contributed by atoms with Gasteiger partial charge in [-0.05, 0) is 31.5 Å². The van der Waals surface area contributed by atoms with Crippen molar-refractivity contribution in [2.24, 2.45) is 5.92 Å². The van der Waals surface area contributed by atoms with Gasteiger partial charge in [0.1, 0.15) is 5.75 Å². The molecule has 0 spiro atoms. The average Bonchev–Trinajstić information content (AvgIpc) is 2.84. The van der Waals surface area contributed by atoms with Gasteiger partial charge in [-0.25, -0.2) is 8.42 Å². The van der Waals surface area contributed by atoms with Crippen molar-refractivity contribution in [3.63, 3.8) is 0 Å². The molecule has 1 saturated heterocycles. The first kappa shape index (κ1) is 17.7. The van der Waals surface area contributed by atoms with E-state index in [0.717, 1.165) is 4.47 Å². The van der Waals surface area contributed by atoms with Crippen LogP contribution in [0.3, 0.4) is 0 Å². The fraction of sp³-hybridized carbons (Fsp3) is 0.429. The molecule has 1 aromatic rings. The first-order valence-corrected chi connectivity index (χ1v) is 9.60. The lowest BCUT2D eigenvalue weighted by Crippen LogP contribution is -2.49. The van der Waals surface area contributed by atoms with Crippen LogP contribution in [0.4, 0.5) is 0 Å². The van der Waals surface area contributed by atoms with E-state index in [9.17, 15) is 18.0 Å². The van der Waals surface area contributed by atoms with Crippen LogP contribution in [0.15, 0.2) is 28.7 Å². The van der Waals surface area contributed by atoms with E-state index in [1.54, 1.807) is 25.1 Å². The van der Waals surface area contributed by atoms with Crippen LogP contribution in [0, 0.1) is 5.92 Å². The van der Waals surface area contributed by atoms with Gasteiger partial charge in [0.2, 0.25) is 5.91 Å². The zero-order chi connectivity index (χ0) is 17.0. The summed E-state index contributed by atoms with van der Waals surface area (Å²) in [5.74, 6) is -1.33. The van der Waals surface area contributed by atoms with Gasteiger partial charge in [0.15, 0.2) is 15.9 Å². The van der Waals surface area contributed by atoms with Gasteiger partial charge < -0.3 is 4.74 Å². The van der Waals surface area contributed by atoms with Gasteiger partial charge in [-0.2, -0.15) is 0 Å². The number of hydrazine groups is 1. The minimum Gasteiger partial charge on any atom is -0.481 e. The largest absolute Gasteiger partial charge is 0.481 e. The van der Waals surface area contributed by atoms with Crippen molar-refractivity contribution in [2.75, 3.05) is 11.5 Å². The van der Waals surface area contributed by atoms with Crippen molar-refractivity contribution >= 4 is 37.6 Å². The Balaban J connectivity index is 1.81. The molecule has 2 rings (SSSR count). The van der Waals surface area contributed by atoms with Gasteiger partial charge in [0.05, 0.1) is 17.4 Å². The predicted molar refractivity (Wildman–Crippen MR) is 87.3 cm³/mol. The predicted octanol–water partition coefficient (Wildman–Crippen LogP) is 0.799. The maximum absolute atomic E-state index is 11.9. The summed E-state index contributed by atoms with van der Waals surface area (Å²) in [7, 11) is -3.14. The molecule has 2 N–H and O–H groups in total. The van der Waals surface area contributed by atoms with Crippen molar-refractivity contribution < 1.29 is 22.7 Å². The van der Waals surface area contributed by atoms with Gasteiger partial charge in [0.25, 0.3) is 5.91 Å². The van der Waals surface area contributed by atoms with E-state index in [2.05, 4.69) is 26.8 Å². The molecule has 0 aliphatic carbocycles. The molecule has 1 fully saturated rings. The lowest BCUT2D eigenvalue weighted by Gasteiger charge is -2.16. The van der Waals surface area contributed by atoms with Crippen molar-refractivity contribution in [1.29, 1.82) is 0 Å². The number of ether oxygens (including phenoxy) is 1. The third-order valence-electron chi connectivity index (χ3n) is 3.39. The third-order valence-corrected chi connectivity index (χ3v) is 5.65. The Morgan fingerprint density at radius 2 is 2.09 bits per heavy atom. The summed E-state index contributed by atoms with van der Waals surface area (Å²) in [4.78, 5) is 23.7. The number of carbonyl (C=O) groups excluding carboxylic acids is 2. The molecule has 0 radical (unpaired) electrons. The summed E-state index contributed by atoms with van der Waals surface area (Å²) < 4.78 is 28.9. The molecular formula is C14H17BrN2O5S. The van der Waals surface area contributed by atoms with Crippen LogP contribution in [0.1, 0.15) is 13.3 Å². The summed E-state index contributed by atoms with van der Waals surface area (Å²) >= 11 is 3.30. The van der Waals surface area contributed by atoms with Crippen LogP contribution in [0.5, 0.6) is 5.75 Å². The molecule has 1 aliphatic heterocycles. The molecule has 7 nitrogen and oxygen atoms in total. The molecule has 2 atom stereocenters. The number of benzene rings is 1. The molecule has 1 aliphatic rings. The molecule has 0 saturated carbocycles. The smallest absolute Gasteiger partial charge is 0.279 e. The Hall–Kier alpha value is -1.61. The molecule has 1 aromatic carbocycles. The Morgan fingerprint density at radius 3 is 2.70 bits per heavy atom. The highest BCUT2D eigenvalue weighted by Crippen LogP contribution is 2.19. The summed E-state index contributed by atoms with van der Waals surface area (Å²) in [5.41, 5.74) is 4.50. The topological polar surface area (TPSA) is 102 Å². The van der Waals surface area contributed by atoms with E-state index < -0.39 is 33.7 Å². The van der Waals surface area contributed by atoms with Gasteiger partial charge in [0, 0.05) is 4.47 Å². The van der Waals surface area contributed by atoms with E-state index in [1.807, 2.05) is 6.07 Å². The number of carbonyl (C=O) groups is 2. The molecule has 126 valence electrons. The van der Waals surface area contributed by atoms with Crippen LogP contribution < -0.4 is 15.6 Å². The zero-order valence-electron chi connectivity index (χ0n) is 12.4. The maximum Gasteiger partial charge on any atom is 0.279 e. The number of amides is 2. The number of halogens is 1. The summed E-state index contributed by atoms with van der Waals surface area (Å²) in [5, 5.41) is 0. The molecular weight excluding hydrogens is 388 g/mol. The number of hydrogen-bond acceptors (Lipinski definition) is 5. The van der Waals surface area contributed by atoms with E-state index in [0.29, 0.717) is 5.75 Å². The van der Waals surface area contributed by atoms with Crippen molar-refractivity contribution in [3.8, 4) is 5.75 Å². The first-order valence-electron chi connectivity index (χ1n) is 6.99. The van der Waals surface area contributed by atoms with Gasteiger partial charge in [-0.3, -0.25) is 20.4 Å². The lowest BCUT2D eigenvalue weighted by molar-refractivity contribution is -0.134. The van der Waals surface area contributed by atoms with E-state index >= 15 is 0 Å². The number of hydrogen-bond donors (Lipinski definition) is 2. The molecule has 0 unspecified atom stereocenters. The van der Waals surface area contributed by atoms with Crippen molar-refractivity contribution in [3.05, 3.63) is 28.7 Å². The Labute approximate surface area is 142 Å². The SMILES string of the molecule is C[C@@H](Oc1cccc(Br)c1)C(=O)NNC(=O)[C@@H]1CCS(=O)(=O)C1.